The van der Waals surface area contributed by atoms with E-state index in [0.717, 1.165) is 18.9 Å². The van der Waals surface area contributed by atoms with E-state index < -0.39 is 35.9 Å². The van der Waals surface area contributed by atoms with Crippen molar-refractivity contribution in [2.75, 3.05) is 18.1 Å². The van der Waals surface area contributed by atoms with Crippen molar-refractivity contribution < 1.29 is 35.9 Å². The van der Waals surface area contributed by atoms with Crippen molar-refractivity contribution in [3.05, 3.63) is 29.3 Å². The van der Waals surface area contributed by atoms with Crippen molar-refractivity contribution in [2.45, 2.75) is 57.0 Å². The Hall–Kier alpha value is -1.81. The zero-order chi connectivity index (χ0) is 21.1. The van der Waals surface area contributed by atoms with Crippen molar-refractivity contribution in [3.8, 4) is 0 Å². The number of hydrogen-bond acceptors (Lipinski definition) is 3. The summed E-state index contributed by atoms with van der Waals surface area (Å²) in [6, 6.07) is 0.406. The molecule has 1 amide bonds. The molecule has 0 aliphatic carbocycles. The Bertz CT molecular complexity index is 690. The number of anilines is 1. The Balaban J connectivity index is 2.35. The fourth-order valence-electron chi connectivity index (χ4n) is 3.20. The lowest BCUT2D eigenvalue weighted by molar-refractivity contribution is -0.171. The van der Waals surface area contributed by atoms with E-state index in [-0.39, 0.29) is 30.7 Å². The first kappa shape index (κ1) is 22.5. The maximum absolute atomic E-state index is 13.1. The normalized spacial score (nSPS) is 20.2. The molecule has 0 saturated carbocycles. The van der Waals surface area contributed by atoms with Crippen LogP contribution in [0.15, 0.2) is 18.2 Å². The number of alkyl halides is 6. The zero-order valence-corrected chi connectivity index (χ0v) is 15.2. The lowest BCUT2D eigenvalue weighted by atomic mass is 9.88. The number of fused-ring (bicyclic) bond motifs is 1. The van der Waals surface area contributed by atoms with Gasteiger partial charge in [0.25, 0.3) is 0 Å². The molecule has 2 rings (SSSR count). The fourth-order valence-corrected chi connectivity index (χ4v) is 3.20. The average molecular weight is 412 g/mol. The monoisotopic (exact) mass is 412 g/mol. The zero-order valence-electron chi connectivity index (χ0n) is 15.2. The van der Waals surface area contributed by atoms with Gasteiger partial charge in [0.05, 0.1) is 5.56 Å². The quantitative estimate of drug-likeness (QED) is 0.550. The third-order valence-corrected chi connectivity index (χ3v) is 4.60. The van der Waals surface area contributed by atoms with Crippen molar-refractivity contribution in [3.63, 3.8) is 0 Å². The highest BCUT2D eigenvalue weighted by Gasteiger charge is 2.48. The number of unbranched alkanes of at least 4 members (excludes halogenated alkanes) is 1. The van der Waals surface area contributed by atoms with Gasteiger partial charge in [-0.05, 0) is 43.0 Å². The summed E-state index contributed by atoms with van der Waals surface area (Å²) >= 11 is 0. The highest BCUT2D eigenvalue weighted by Crippen LogP contribution is 2.42. The van der Waals surface area contributed by atoms with Crippen LogP contribution in [0.3, 0.4) is 0 Å². The van der Waals surface area contributed by atoms with Gasteiger partial charge in [0.15, 0.2) is 0 Å². The molecule has 1 aliphatic rings. The van der Waals surface area contributed by atoms with E-state index in [1.165, 1.54) is 0 Å². The number of rotatable bonds is 6. The minimum Gasteiger partial charge on any atom is -0.381 e. The smallest absolute Gasteiger partial charge is 0.381 e. The molecule has 0 aromatic heterocycles. The molecule has 2 N–H and O–H groups in total. The van der Waals surface area contributed by atoms with E-state index in [4.69, 9.17) is 10.5 Å². The molecule has 0 spiro atoms. The van der Waals surface area contributed by atoms with E-state index in [1.54, 1.807) is 0 Å². The second-order valence-corrected chi connectivity index (χ2v) is 6.69. The van der Waals surface area contributed by atoms with Crippen LogP contribution in [-0.2, 0) is 15.7 Å². The summed E-state index contributed by atoms with van der Waals surface area (Å²) in [5.41, 5.74) is 4.55. The largest absolute Gasteiger partial charge is 0.471 e. The molecule has 158 valence electrons. The van der Waals surface area contributed by atoms with Gasteiger partial charge in [0.2, 0.25) is 0 Å². The second kappa shape index (κ2) is 8.69. The first-order valence-corrected chi connectivity index (χ1v) is 8.91. The van der Waals surface area contributed by atoms with Crippen molar-refractivity contribution >= 4 is 11.6 Å². The van der Waals surface area contributed by atoms with Crippen LogP contribution in [0.5, 0.6) is 0 Å². The predicted octanol–water partition coefficient (Wildman–Crippen LogP) is 4.58. The SMILES string of the molecule is CCCCOCC[C@@H]1C[C@H](N)c2cc(C(F)(F)F)ccc2N1C(=O)C(F)(F)F. The van der Waals surface area contributed by atoms with Crippen molar-refractivity contribution in [1.29, 1.82) is 0 Å². The Morgan fingerprint density at radius 1 is 1.21 bits per heavy atom. The highest BCUT2D eigenvalue weighted by molar-refractivity contribution is 5.99. The summed E-state index contributed by atoms with van der Waals surface area (Å²) in [4.78, 5) is 12.5. The summed E-state index contributed by atoms with van der Waals surface area (Å²) in [6.45, 7) is 2.52. The summed E-state index contributed by atoms with van der Waals surface area (Å²) < 4.78 is 83.6. The van der Waals surface area contributed by atoms with Crippen LogP contribution in [-0.4, -0.2) is 31.3 Å². The van der Waals surface area contributed by atoms with Crippen LogP contribution in [0.4, 0.5) is 32.0 Å². The molecule has 0 bridgehead atoms. The fraction of sp³-hybridized carbons (Fsp3) is 0.611. The van der Waals surface area contributed by atoms with Crippen LogP contribution in [0.25, 0.3) is 0 Å². The number of hydrogen-bond donors (Lipinski definition) is 1. The number of nitrogens with zero attached hydrogens (tertiary/aromatic N) is 1. The van der Waals surface area contributed by atoms with E-state index in [2.05, 4.69) is 0 Å². The van der Waals surface area contributed by atoms with Crippen LogP contribution >= 0.6 is 0 Å². The molecule has 1 aromatic carbocycles. The maximum atomic E-state index is 13.1. The number of amides is 1. The summed E-state index contributed by atoms with van der Waals surface area (Å²) in [7, 11) is 0. The predicted molar refractivity (Wildman–Crippen MR) is 90.7 cm³/mol. The first-order valence-electron chi connectivity index (χ1n) is 8.91. The first-order chi connectivity index (χ1) is 13.0. The molecule has 4 nitrogen and oxygen atoms in total. The molecule has 0 fully saturated rings. The van der Waals surface area contributed by atoms with Gasteiger partial charge in [0.1, 0.15) is 0 Å². The summed E-state index contributed by atoms with van der Waals surface area (Å²) in [5, 5.41) is 0. The topological polar surface area (TPSA) is 55.6 Å². The van der Waals surface area contributed by atoms with E-state index in [9.17, 15) is 31.1 Å². The number of ether oxygens (including phenoxy) is 1. The Morgan fingerprint density at radius 2 is 1.89 bits per heavy atom. The molecule has 0 unspecified atom stereocenters. The standard InChI is InChI=1S/C18H22F6N2O2/c1-2-3-7-28-8-6-12-10-14(25)13-9-11(17(19,20)21)4-5-15(13)26(12)16(27)18(22,23)24/h4-5,9,12,14H,2-3,6-8,10,25H2,1H3/t12-,14+/m1/s1. The lowest BCUT2D eigenvalue weighted by Gasteiger charge is -2.40. The van der Waals surface area contributed by atoms with Gasteiger partial charge < -0.3 is 15.4 Å². The minimum absolute atomic E-state index is 0.0900. The van der Waals surface area contributed by atoms with E-state index in [1.807, 2.05) is 6.92 Å². The Labute approximate surface area is 158 Å². The van der Waals surface area contributed by atoms with Gasteiger partial charge >= 0.3 is 18.3 Å². The molecule has 0 radical (unpaired) electrons. The van der Waals surface area contributed by atoms with Crippen molar-refractivity contribution in [1.82, 2.24) is 0 Å². The molecule has 28 heavy (non-hydrogen) atoms. The van der Waals surface area contributed by atoms with E-state index in [0.29, 0.717) is 23.6 Å². The molecule has 1 aromatic rings. The van der Waals surface area contributed by atoms with E-state index >= 15 is 0 Å². The molecular formula is C18H22F6N2O2. The van der Waals surface area contributed by atoms with Gasteiger partial charge in [0, 0.05) is 31.0 Å². The van der Waals surface area contributed by atoms with Gasteiger partial charge in [-0.3, -0.25) is 4.79 Å². The molecule has 0 saturated heterocycles. The number of nitrogens with two attached hydrogens (primary N) is 1. The third-order valence-electron chi connectivity index (χ3n) is 4.60. The minimum atomic E-state index is -5.16. The van der Waals surface area contributed by atoms with Gasteiger partial charge in [-0.1, -0.05) is 13.3 Å². The van der Waals surface area contributed by atoms with Crippen LogP contribution in [0, 0.1) is 0 Å². The number of carbonyl (C=O) groups is 1. The summed E-state index contributed by atoms with van der Waals surface area (Å²) in [5.74, 6) is -2.13. The van der Waals surface area contributed by atoms with Gasteiger partial charge in [-0.15, -0.1) is 0 Å². The molecule has 1 heterocycles. The second-order valence-electron chi connectivity index (χ2n) is 6.69. The number of benzene rings is 1. The third kappa shape index (κ3) is 5.16. The van der Waals surface area contributed by atoms with Crippen molar-refractivity contribution in [2.24, 2.45) is 5.73 Å². The molecule has 10 heteroatoms. The molecule has 1 aliphatic heterocycles. The number of carbonyl (C=O) groups excluding carboxylic acids is 1. The maximum Gasteiger partial charge on any atom is 0.471 e. The molecular weight excluding hydrogens is 390 g/mol. The van der Waals surface area contributed by atoms with Crippen LogP contribution in [0.1, 0.15) is 49.8 Å². The lowest BCUT2D eigenvalue weighted by Crippen LogP contribution is -2.51. The van der Waals surface area contributed by atoms with Crippen LogP contribution in [0.2, 0.25) is 0 Å². The van der Waals surface area contributed by atoms with Gasteiger partial charge in [-0.25, -0.2) is 0 Å². The number of halogens is 6. The van der Waals surface area contributed by atoms with Crippen LogP contribution < -0.4 is 10.6 Å². The van der Waals surface area contributed by atoms with Gasteiger partial charge in [-0.2, -0.15) is 26.3 Å². The Morgan fingerprint density at radius 3 is 2.46 bits per heavy atom. The highest BCUT2D eigenvalue weighted by atomic mass is 19.4. The average Bonchev–Trinajstić information content (AvgIpc) is 2.59. The summed E-state index contributed by atoms with van der Waals surface area (Å²) in [6.07, 6.45) is -8.15. The Kier molecular flexibility index (Phi) is 6.97. The molecule has 2 atom stereocenters.